The van der Waals surface area contributed by atoms with Crippen molar-refractivity contribution in [2.75, 3.05) is 6.26 Å². The second kappa shape index (κ2) is 8.10. The molecule has 30 heavy (non-hydrogen) atoms. The second-order valence-electron chi connectivity index (χ2n) is 6.31. The summed E-state index contributed by atoms with van der Waals surface area (Å²) in [5, 5.41) is 15.2. The van der Waals surface area contributed by atoms with Crippen LogP contribution in [0.3, 0.4) is 0 Å². The van der Waals surface area contributed by atoms with Crippen LogP contribution in [0.2, 0.25) is 5.02 Å². The molecule has 3 aromatic rings. The summed E-state index contributed by atoms with van der Waals surface area (Å²) in [5.74, 6) is 0.0803. The van der Waals surface area contributed by atoms with Crippen molar-refractivity contribution in [1.29, 1.82) is 5.26 Å². The van der Waals surface area contributed by atoms with E-state index in [4.69, 9.17) is 21.6 Å². The van der Waals surface area contributed by atoms with Gasteiger partial charge >= 0.3 is 0 Å². The van der Waals surface area contributed by atoms with Crippen molar-refractivity contribution in [3.05, 3.63) is 73.3 Å². The third-order valence-electron chi connectivity index (χ3n) is 3.95. The molecular formula is C18H14ClN5O5S. The van der Waals surface area contributed by atoms with Gasteiger partial charge in [-0.25, -0.2) is 18.5 Å². The first-order valence-electron chi connectivity index (χ1n) is 8.31. The predicted molar refractivity (Wildman–Crippen MR) is 107 cm³/mol. The number of benzene rings is 1. The number of aryl methyl sites for hydroxylation is 1. The SMILES string of the molecule is Cc1ncn(Cc2cc(S(C)(=O)=O)c(=O)[nH]n2)c(=O)c1Oc1cc(Cl)cc(C#N)c1. The van der Waals surface area contributed by atoms with Gasteiger partial charge in [0.05, 0.1) is 35.9 Å². The lowest BCUT2D eigenvalue weighted by molar-refractivity contribution is 0.457. The van der Waals surface area contributed by atoms with E-state index >= 15 is 0 Å². The molecule has 154 valence electrons. The summed E-state index contributed by atoms with van der Waals surface area (Å²) in [4.78, 5) is 28.2. The molecular weight excluding hydrogens is 434 g/mol. The van der Waals surface area contributed by atoms with Gasteiger partial charge in [0.25, 0.3) is 11.1 Å². The van der Waals surface area contributed by atoms with Crippen molar-refractivity contribution >= 4 is 21.4 Å². The molecule has 0 spiro atoms. The van der Waals surface area contributed by atoms with Crippen LogP contribution in [0, 0.1) is 18.3 Å². The Morgan fingerprint density at radius 2 is 2.00 bits per heavy atom. The number of hydrogen-bond donors (Lipinski definition) is 1. The topological polar surface area (TPSA) is 148 Å². The number of nitrogens with zero attached hydrogens (tertiary/aromatic N) is 4. The third kappa shape index (κ3) is 4.56. The molecule has 0 amide bonds. The van der Waals surface area contributed by atoms with Gasteiger partial charge in [-0.3, -0.25) is 14.2 Å². The number of rotatable bonds is 5. The zero-order valence-corrected chi connectivity index (χ0v) is 17.3. The standard InChI is InChI=1S/C18H14ClN5O5S/c1-10-16(29-14-4-11(7-20)3-12(19)5-14)18(26)24(9-21-10)8-13-6-15(30(2,27)28)17(25)23-22-13/h3-6,9H,8H2,1-2H3,(H,23,25). The summed E-state index contributed by atoms with van der Waals surface area (Å²) in [6.45, 7) is 1.40. The Bertz CT molecular complexity index is 1410. The van der Waals surface area contributed by atoms with E-state index in [0.717, 1.165) is 16.9 Å². The van der Waals surface area contributed by atoms with Gasteiger partial charge in [-0.15, -0.1) is 0 Å². The number of aromatic amines is 1. The van der Waals surface area contributed by atoms with Crippen LogP contribution in [0.25, 0.3) is 0 Å². The molecule has 2 heterocycles. The maximum atomic E-state index is 12.9. The highest BCUT2D eigenvalue weighted by Gasteiger charge is 2.16. The molecule has 0 saturated carbocycles. The molecule has 0 aliphatic carbocycles. The van der Waals surface area contributed by atoms with Crippen LogP contribution < -0.4 is 15.9 Å². The van der Waals surface area contributed by atoms with E-state index in [-0.39, 0.29) is 34.3 Å². The lowest BCUT2D eigenvalue weighted by Gasteiger charge is -2.11. The van der Waals surface area contributed by atoms with Crippen molar-refractivity contribution in [3.63, 3.8) is 0 Å². The highest BCUT2D eigenvalue weighted by atomic mass is 35.5. The fourth-order valence-corrected chi connectivity index (χ4v) is 3.50. The fraction of sp³-hybridized carbons (Fsp3) is 0.167. The highest BCUT2D eigenvalue weighted by molar-refractivity contribution is 7.90. The lowest BCUT2D eigenvalue weighted by Crippen LogP contribution is -2.25. The maximum absolute atomic E-state index is 12.9. The van der Waals surface area contributed by atoms with Crippen LogP contribution in [0.15, 0.2) is 45.1 Å². The van der Waals surface area contributed by atoms with Crippen LogP contribution in [0.5, 0.6) is 11.5 Å². The van der Waals surface area contributed by atoms with Crippen molar-refractivity contribution in [2.24, 2.45) is 0 Å². The minimum Gasteiger partial charge on any atom is -0.450 e. The maximum Gasteiger partial charge on any atom is 0.296 e. The minimum absolute atomic E-state index is 0.101. The number of sulfone groups is 1. The number of halogens is 1. The number of ether oxygens (including phenoxy) is 1. The first-order valence-corrected chi connectivity index (χ1v) is 10.6. The Balaban J connectivity index is 2.00. The number of aromatic nitrogens is 4. The molecule has 0 aliphatic rings. The molecule has 0 fully saturated rings. The molecule has 0 aliphatic heterocycles. The average Bonchev–Trinajstić information content (AvgIpc) is 2.67. The Morgan fingerprint density at radius 1 is 1.27 bits per heavy atom. The minimum atomic E-state index is -3.78. The van der Waals surface area contributed by atoms with E-state index in [1.165, 1.54) is 24.5 Å². The van der Waals surface area contributed by atoms with Gasteiger partial charge in [0.15, 0.2) is 9.84 Å². The lowest BCUT2D eigenvalue weighted by atomic mass is 10.2. The monoisotopic (exact) mass is 447 g/mol. The van der Waals surface area contributed by atoms with Crippen LogP contribution in [-0.4, -0.2) is 34.4 Å². The largest absolute Gasteiger partial charge is 0.450 e. The molecule has 1 N–H and O–H groups in total. The molecule has 12 heteroatoms. The third-order valence-corrected chi connectivity index (χ3v) is 5.27. The Labute approximate surface area is 175 Å². The Morgan fingerprint density at radius 3 is 2.67 bits per heavy atom. The molecule has 0 radical (unpaired) electrons. The average molecular weight is 448 g/mol. The number of nitriles is 1. The van der Waals surface area contributed by atoms with Crippen LogP contribution in [0.1, 0.15) is 17.0 Å². The highest BCUT2D eigenvalue weighted by Crippen LogP contribution is 2.25. The van der Waals surface area contributed by atoms with E-state index in [1.807, 2.05) is 6.07 Å². The molecule has 3 rings (SSSR count). The number of hydrogen-bond acceptors (Lipinski definition) is 8. The normalized spacial score (nSPS) is 11.1. The number of H-pyrrole nitrogens is 1. The van der Waals surface area contributed by atoms with E-state index in [1.54, 1.807) is 6.92 Å². The van der Waals surface area contributed by atoms with E-state index in [9.17, 15) is 18.0 Å². The summed E-state index contributed by atoms with van der Waals surface area (Å²) in [6.07, 6.45) is 2.14. The van der Waals surface area contributed by atoms with Gasteiger partial charge in [0.2, 0.25) is 5.75 Å². The second-order valence-corrected chi connectivity index (χ2v) is 8.73. The molecule has 0 bridgehead atoms. The van der Waals surface area contributed by atoms with Crippen molar-refractivity contribution < 1.29 is 13.2 Å². The first-order chi connectivity index (χ1) is 14.1. The summed E-state index contributed by atoms with van der Waals surface area (Å²) >= 11 is 5.96. The zero-order chi connectivity index (χ0) is 22.1. The van der Waals surface area contributed by atoms with Crippen molar-refractivity contribution in [3.8, 4) is 17.6 Å². The molecule has 2 aromatic heterocycles. The Kier molecular flexibility index (Phi) is 5.73. The van der Waals surface area contributed by atoms with Gasteiger partial charge in [-0.05, 0) is 31.2 Å². The Hall–Kier alpha value is -3.49. The summed E-state index contributed by atoms with van der Waals surface area (Å²) in [6, 6.07) is 7.35. The zero-order valence-electron chi connectivity index (χ0n) is 15.7. The predicted octanol–water partition coefficient (Wildman–Crippen LogP) is 1.40. The van der Waals surface area contributed by atoms with E-state index in [2.05, 4.69) is 15.2 Å². The fourth-order valence-electron chi connectivity index (χ4n) is 2.54. The quantitative estimate of drug-likeness (QED) is 0.617. The van der Waals surface area contributed by atoms with Crippen molar-refractivity contribution in [1.82, 2.24) is 19.7 Å². The van der Waals surface area contributed by atoms with E-state index in [0.29, 0.717) is 5.69 Å². The molecule has 10 nitrogen and oxygen atoms in total. The summed E-state index contributed by atoms with van der Waals surface area (Å²) in [5.41, 5.74) is -0.752. The van der Waals surface area contributed by atoms with Gasteiger partial charge in [-0.1, -0.05) is 11.6 Å². The molecule has 0 atom stereocenters. The van der Waals surface area contributed by atoms with Crippen LogP contribution in [0.4, 0.5) is 0 Å². The van der Waals surface area contributed by atoms with Gasteiger partial charge < -0.3 is 4.74 Å². The van der Waals surface area contributed by atoms with Crippen LogP contribution in [-0.2, 0) is 16.4 Å². The molecule has 0 saturated heterocycles. The first kappa shape index (κ1) is 21.2. The van der Waals surface area contributed by atoms with Crippen LogP contribution >= 0.6 is 11.6 Å². The van der Waals surface area contributed by atoms with Gasteiger partial charge in [0.1, 0.15) is 10.6 Å². The van der Waals surface area contributed by atoms with E-state index < -0.39 is 25.9 Å². The summed E-state index contributed by atoms with van der Waals surface area (Å²) < 4.78 is 30.2. The van der Waals surface area contributed by atoms with Crippen molar-refractivity contribution in [2.45, 2.75) is 18.4 Å². The molecule has 0 unspecified atom stereocenters. The molecule has 1 aromatic carbocycles. The van der Waals surface area contributed by atoms with Gasteiger partial charge in [0, 0.05) is 11.3 Å². The summed E-state index contributed by atoms with van der Waals surface area (Å²) in [7, 11) is -3.78. The smallest absolute Gasteiger partial charge is 0.296 e. The van der Waals surface area contributed by atoms with Gasteiger partial charge in [-0.2, -0.15) is 10.4 Å². The number of nitrogens with one attached hydrogen (secondary N) is 1.